The zero-order chi connectivity index (χ0) is 16.5. The first kappa shape index (κ1) is 21.8. The second-order valence-corrected chi connectivity index (χ2v) is 8.82. The molecule has 1 atom stereocenters. The molecule has 0 fully saturated rings. The summed E-state index contributed by atoms with van der Waals surface area (Å²) in [5.41, 5.74) is 4.28. The summed E-state index contributed by atoms with van der Waals surface area (Å²) >= 11 is 1.33. The Kier molecular flexibility index (Phi) is 11.0. The second-order valence-electron chi connectivity index (χ2n) is 6.52. The van der Waals surface area contributed by atoms with Crippen molar-refractivity contribution in [3.8, 4) is 0 Å². The summed E-state index contributed by atoms with van der Waals surface area (Å²) in [5.74, 6) is 0. The van der Waals surface area contributed by atoms with Gasteiger partial charge in [0.15, 0.2) is 0 Å². The van der Waals surface area contributed by atoms with Gasteiger partial charge >= 0.3 is 157 Å². The van der Waals surface area contributed by atoms with E-state index in [0.717, 1.165) is 10.2 Å². The van der Waals surface area contributed by atoms with Crippen LogP contribution in [0.1, 0.15) is 65.9 Å². The first-order valence-corrected chi connectivity index (χ1v) is 10.9. The third-order valence-electron chi connectivity index (χ3n) is 4.52. The van der Waals surface area contributed by atoms with E-state index in [1.807, 2.05) is 0 Å². The van der Waals surface area contributed by atoms with Crippen LogP contribution in [0.15, 0.2) is 48.7 Å². The number of aryl methyl sites for hydroxylation is 1. The number of benzene rings is 1. The maximum atomic E-state index is 2.41. The predicted octanol–water partition coefficient (Wildman–Crippen LogP) is 1.90. The minimum Gasteiger partial charge on any atom is -1.00 e. The summed E-state index contributed by atoms with van der Waals surface area (Å²) in [5, 5.41) is 0. The minimum absolute atomic E-state index is 0. The number of halogens is 1. The Morgan fingerprint density at radius 2 is 1.71 bits per heavy atom. The molecule has 128 valence electrons. The summed E-state index contributed by atoms with van der Waals surface area (Å²) < 4.78 is 3.15. The van der Waals surface area contributed by atoms with E-state index in [-0.39, 0.29) is 17.0 Å². The molecule has 1 aromatic heterocycles. The second kappa shape index (κ2) is 12.1. The smallest absolute Gasteiger partial charge is 1.00 e. The molecule has 0 aliphatic carbocycles. The van der Waals surface area contributed by atoms with Gasteiger partial charge in [0.1, 0.15) is 0 Å². The summed E-state index contributed by atoms with van der Waals surface area (Å²) in [4.78, 5) is 0. The van der Waals surface area contributed by atoms with Crippen LogP contribution in [0.3, 0.4) is 0 Å². The topological polar surface area (TPSA) is 3.88 Å². The van der Waals surface area contributed by atoms with Crippen LogP contribution in [0.4, 0.5) is 0 Å². The molecule has 24 heavy (non-hydrogen) atoms. The van der Waals surface area contributed by atoms with E-state index in [2.05, 4.69) is 67.1 Å². The number of hydrogen-bond acceptors (Lipinski definition) is 0. The van der Waals surface area contributed by atoms with Crippen molar-refractivity contribution in [1.82, 2.24) is 0 Å². The van der Waals surface area contributed by atoms with Gasteiger partial charge in [0, 0.05) is 0 Å². The molecule has 0 bridgehead atoms. The Morgan fingerprint density at radius 1 is 1.00 bits per heavy atom. The number of aromatic nitrogens is 1. The van der Waals surface area contributed by atoms with E-state index < -0.39 is 0 Å². The average Bonchev–Trinajstić information content (AvgIpc) is 2.57. The van der Waals surface area contributed by atoms with E-state index in [1.165, 1.54) is 74.2 Å². The van der Waals surface area contributed by atoms with Crippen LogP contribution >= 0.6 is 0 Å². The molecule has 2 aromatic rings. The fourth-order valence-electron chi connectivity index (χ4n) is 2.99. The minimum atomic E-state index is 0. The largest absolute Gasteiger partial charge is 1.00 e. The fraction of sp³-hybridized carbons (Fsp3) is 0.476. The van der Waals surface area contributed by atoms with Crippen LogP contribution in [-0.2, 0) is 6.54 Å². The van der Waals surface area contributed by atoms with Crippen LogP contribution in [0.5, 0.6) is 0 Å². The Balaban J connectivity index is 0.00000288. The number of nitrogens with zero attached hydrogens (tertiary/aromatic N) is 1. The summed E-state index contributed by atoms with van der Waals surface area (Å²) in [6.45, 7) is 5.49. The van der Waals surface area contributed by atoms with Crippen molar-refractivity contribution in [1.29, 1.82) is 0 Å². The number of pyridine rings is 1. The maximum absolute atomic E-state index is 2.41. The Hall–Kier alpha value is -0.280. The van der Waals surface area contributed by atoms with Gasteiger partial charge in [-0.25, -0.2) is 0 Å². The first-order valence-electron chi connectivity index (χ1n) is 9.00. The van der Waals surface area contributed by atoms with E-state index in [0.29, 0.717) is 0 Å². The number of rotatable bonds is 9. The standard InChI is InChI=1S/C21H29N.BrH.In/c1-3-4-5-6-7-9-12-20-15-16-22(19(2)17-20)18-21-13-10-8-11-14-21;;/h8,10-17H,3-7,9,18H2,1-2H3;1H;/q+1;;/p-1. The van der Waals surface area contributed by atoms with Gasteiger partial charge in [-0.05, 0) is 0 Å². The molecule has 0 spiro atoms. The third-order valence-corrected chi connectivity index (χ3v) is 6.57. The molecule has 1 unspecified atom stereocenters. The van der Waals surface area contributed by atoms with Gasteiger partial charge in [0.25, 0.3) is 0 Å². The molecule has 0 aliphatic heterocycles. The molecule has 0 N–H and O–H groups in total. The van der Waals surface area contributed by atoms with Crippen LogP contribution in [0.25, 0.3) is 0 Å². The third kappa shape index (κ3) is 7.31. The van der Waals surface area contributed by atoms with E-state index in [4.69, 9.17) is 0 Å². The van der Waals surface area contributed by atoms with E-state index >= 15 is 0 Å². The Labute approximate surface area is 173 Å². The molecule has 2 radical (unpaired) electrons. The molecule has 0 saturated heterocycles. The van der Waals surface area contributed by atoms with E-state index in [9.17, 15) is 0 Å². The van der Waals surface area contributed by atoms with Crippen molar-refractivity contribution in [2.24, 2.45) is 0 Å². The van der Waals surface area contributed by atoms with Crippen molar-refractivity contribution in [3.05, 3.63) is 65.5 Å². The Morgan fingerprint density at radius 3 is 2.38 bits per heavy atom. The van der Waals surface area contributed by atoms with Crippen LogP contribution in [-0.4, -0.2) is 24.4 Å². The van der Waals surface area contributed by atoms with Gasteiger partial charge in [-0.1, -0.05) is 0 Å². The number of hydrogen-bond donors (Lipinski definition) is 0. The summed E-state index contributed by atoms with van der Waals surface area (Å²) in [6, 6.07) is 15.5. The number of unbranched alkanes of at least 4 members (excludes halogenated alkanes) is 4. The van der Waals surface area contributed by atoms with Gasteiger partial charge in [0.2, 0.25) is 0 Å². The average molecular weight is 490 g/mol. The monoisotopic (exact) mass is 489 g/mol. The van der Waals surface area contributed by atoms with Gasteiger partial charge in [-0.2, -0.15) is 0 Å². The molecule has 1 heterocycles. The Bertz CT molecular complexity index is 586. The summed E-state index contributed by atoms with van der Waals surface area (Å²) in [7, 11) is 0. The van der Waals surface area contributed by atoms with Crippen molar-refractivity contribution in [2.45, 2.75) is 62.6 Å². The van der Waals surface area contributed by atoms with Gasteiger partial charge < -0.3 is 17.0 Å². The van der Waals surface area contributed by atoms with Crippen molar-refractivity contribution >= 4 is 24.4 Å². The quantitative estimate of drug-likeness (QED) is 0.374. The van der Waals surface area contributed by atoms with Crippen molar-refractivity contribution in [3.63, 3.8) is 0 Å². The van der Waals surface area contributed by atoms with Crippen LogP contribution in [0, 0.1) is 6.92 Å². The zero-order valence-corrected chi connectivity index (χ0v) is 19.9. The van der Waals surface area contributed by atoms with Crippen molar-refractivity contribution in [2.75, 3.05) is 0 Å². The van der Waals surface area contributed by atoms with E-state index in [1.54, 1.807) is 5.56 Å². The molecular formula is C21H29BrInN. The van der Waals surface area contributed by atoms with Gasteiger partial charge in [0.05, 0.1) is 0 Å². The predicted molar refractivity (Wildman–Crippen MR) is 98.8 cm³/mol. The molecule has 0 amide bonds. The fourth-order valence-corrected chi connectivity index (χ4v) is 4.25. The van der Waals surface area contributed by atoms with Crippen LogP contribution < -0.4 is 21.5 Å². The molecule has 0 aliphatic rings. The zero-order valence-electron chi connectivity index (χ0n) is 15.0. The van der Waals surface area contributed by atoms with Gasteiger partial charge in [-0.3, -0.25) is 0 Å². The van der Waals surface area contributed by atoms with Crippen molar-refractivity contribution < 1.29 is 21.5 Å². The normalized spacial score (nSPS) is 11.8. The first-order chi connectivity index (χ1) is 11.2. The maximum Gasteiger partial charge on any atom is -1.00 e. The van der Waals surface area contributed by atoms with Crippen LogP contribution in [0.2, 0.25) is 0 Å². The molecule has 2 rings (SSSR count). The van der Waals surface area contributed by atoms with Gasteiger partial charge in [-0.15, -0.1) is 0 Å². The summed E-state index contributed by atoms with van der Waals surface area (Å²) in [6.07, 6.45) is 10.6. The molecular weight excluding hydrogens is 461 g/mol. The SMILES string of the molecule is CCCCCCC[CH]([In])c1cc[n+](Cc2ccccc2)c(C)c1.[Br-]. The molecule has 1 aromatic carbocycles. The molecule has 3 heteroatoms. The molecule has 1 nitrogen and oxygen atoms in total. The molecule has 0 saturated carbocycles.